The minimum atomic E-state index is -0.258. The van der Waals surface area contributed by atoms with Gasteiger partial charge in [0.15, 0.2) is 0 Å². The third-order valence-corrected chi connectivity index (χ3v) is 5.38. The average Bonchev–Trinajstić information content (AvgIpc) is 3.24. The first-order chi connectivity index (χ1) is 13.7. The highest BCUT2D eigenvalue weighted by atomic mass is 19.1. The molecule has 28 heavy (non-hydrogen) atoms. The zero-order valence-corrected chi connectivity index (χ0v) is 15.9. The van der Waals surface area contributed by atoms with Gasteiger partial charge >= 0.3 is 0 Å². The summed E-state index contributed by atoms with van der Waals surface area (Å²) in [7, 11) is 0. The third-order valence-electron chi connectivity index (χ3n) is 5.38. The van der Waals surface area contributed by atoms with Crippen LogP contribution in [0.2, 0.25) is 0 Å². The summed E-state index contributed by atoms with van der Waals surface area (Å²) >= 11 is 0. The van der Waals surface area contributed by atoms with Gasteiger partial charge in [0.25, 0.3) is 0 Å². The van der Waals surface area contributed by atoms with Gasteiger partial charge in [0.1, 0.15) is 5.82 Å². The summed E-state index contributed by atoms with van der Waals surface area (Å²) < 4.78 is 18.9. The van der Waals surface area contributed by atoms with Gasteiger partial charge in [-0.3, -0.25) is 9.69 Å². The fourth-order valence-corrected chi connectivity index (χ4v) is 3.86. The Balaban J connectivity index is 1.30. The standard InChI is InChI=1S/C22H26FN3O2/c23-18-5-3-17(4-6-18)21-15-25(13-14-28-21)16-22(27)24-19-7-9-20(10-8-19)26-11-1-2-12-26/h3-10,21H,1-2,11-16H2,(H,24,27). The number of benzene rings is 2. The molecule has 0 bridgehead atoms. The van der Waals surface area contributed by atoms with Gasteiger partial charge in [0.2, 0.25) is 5.91 Å². The van der Waals surface area contributed by atoms with E-state index in [-0.39, 0.29) is 17.8 Å². The van der Waals surface area contributed by atoms with Crippen molar-refractivity contribution >= 4 is 17.3 Å². The lowest BCUT2D eigenvalue weighted by Gasteiger charge is -2.32. The van der Waals surface area contributed by atoms with E-state index in [0.717, 1.165) is 24.3 Å². The molecule has 1 atom stereocenters. The van der Waals surface area contributed by atoms with E-state index in [1.807, 2.05) is 12.1 Å². The summed E-state index contributed by atoms with van der Waals surface area (Å²) in [6.07, 6.45) is 2.36. The fourth-order valence-electron chi connectivity index (χ4n) is 3.86. The molecule has 4 rings (SSSR count). The van der Waals surface area contributed by atoms with Gasteiger partial charge in [-0.25, -0.2) is 4.39 Å². The molecule has 148 valence electrons. The van der Waals surface area contributed by atoms with Gasteiger partial charge in [0, 0.05) is 37.6 Å². The van der Waals surface area contributed by atoms with Crippen molar-refractivity contribution in [1.29, 1.82) is 0 Å². The zero-order chi connectivity index (χ0) is 19.3. The Morgan fingerprint density at radius 2 is 1.75 bits per heavy atom. The number of nitrogens with zero attached hydrogens (tertiary/aromatic N) is 2. The fraction of sp³-hybridized carbons (Fsp3) is 0.409. The maximum atomic E-state index is 13.1. The van der Waals surface area contributed by atoms with Crippen LogP contribution in [0.4, 0.5) is 15.8 Å². The molecule has 0 aromatic heterocycles. The van der Waals surface area contributed by atoms with Crippen molar-refractivity contribution < 1.29 is 13.9 Å². The van der Waals surface area contributed by atoms with E-state index in [4.69, 9.17) is 4.74 Å². The van der Waals surface area contributed by atoms with Crippen LogP contribution >= 0.6 is 0 Å². The quantitative estimate of drug-likeness (QED) is 0.859. The van der Waals surface area contributed by atoms with Crippen molar-refractivity contribution in [2.24, 2.45) is 0 Å². The number of morpholine rings is 1. The first-order valence-corrected chi connectivity index (χ1v) is 9.92. The van der Waals surface area contributed by atoms with Gasteiger partial charge in [-0.15, -0.1) is 0 Å². The molecule has 1 N–H and O–H groups in total. The van der Waals surface area contributed by atoms with Crippen LogP contribution in [-0.4, -0.2) is 50.1 Å². The first kappa shape index (κ1) is 18.9. The minimum Gasteiger partial charge on any atom is -0.372 e. The summed E-state index contributed by atoms with van der Waals surface area (Å²) in [6.45, 7) is 4.41. The topological polar surface area (TPSA) is 44.8 Å². The van der Waals surface area contributed by atoms with Gasteiger partial charge in [0.05, 0.1) is 19.3 Å². The lowest BCUT2D eigenvalue weighted by molar-refractivity contribution is -0.119. The van der Waals surface area contributed by atoms with Crippen LogP contribution in [0.5, 0.6) is 0 Å². The lowest BCUT2D eigenvalue weighted by Crippen LogP contribution is -2.42. The SMILES string of the molecule is O=C(CN1CCOC(c2ccc(F)cc2)C1)Nc1ccc(N2CCCC2)cc1. The number of anilines is 2. The molecule has 2 fully saturated rings. The van der Waals surface area contributed by atoms with Crippen molar-refractivity contribution in [2.45, 2.75) is 18.9 Å². The van der Waals surface area contributed by atoms with Crippen molar-refractivity contribution in [3.8, 4) is 0 Å². The second-order valence-corrected chi connectivity index (χ2v) is 7.44. The summed E-state index contributed by atoms with van der Waals surface area (Å²) in [5, 5.41) is 2.98. The predicted octanol–water partition coefficient (Wildman–Crippen LogP) is 3.44. The van der Waals surface area contributed by atoms with E-state index in [1.54, 1.807) is 12.1 Å². The van der Waals surface area contributed by atoms with Crippen molar-refractivity contribution in [1.82, 2.24) is 4.90 Å². The molecule has 0 spiro atoms. The molecule has 2 saturated heterocycles. The Morgan fingerprint density at radius 1 is 1.04 bits per heavy atom. The summed E-state index contributed by atoms with van der Waals surface area (Å²) in [6, 6.07) is 14.4. The highest BCUT2D eigenvalue weighted by Gasteiger charge is 2.23. The van der Waals surface area contributed by atoms with Gasteiger partial charge in [-0.2, -0.15) is 0 Å². The van der Waals surface area contributed by atoms with Crippen LogP contribution in [0.1, 0.15) is 24.5 Å². The number of hydrogen-bond donors (Lipinski definition) is 1. The van der Waals surface area contributed by atoms with Crippen LogP contribution in [0.3, 0.4) is 0 Å². The zero-order valence-electron chi connectivity index (χ0n) is 15.9. The molecule has 2 aliphatic rings. The number of ether oxygens (including phenoxy) is 1. The molecule has 2 aromatic rings. The Morgan fingerprint density at radius 3 is 2.46 bits per heavy atom. The number of rotatable bonds is 5. The molecular formula is C22H26FN3O2. The average molecular weight is 383 g/mol. The molecule has 2 aliphatic heterocycles. The number of carbonyl (C=O) groups is 1. The summed E-state index contributed by atoms with van der Waals surface area (Å²) in [4.78, 5) is 16.9. The highest BCUT2D eigenvalue weighted by molar-refractivity contribution is 5.92. The molecule has 0 radical (unpaired) electrons. The number of carbonyl (C=O) groups excluding carboxylic acids is 1. The van der Waals surface area contributed by atoms with Gasteiger partial charge in [-0.1, -0.05) is 12.1 Å². The number of nitrogens with one attached hydrogen (secondary N) is 1. The van der Waals surface area contributed by atoms with Crippen molar-refractivity contribution in [2.75, 3.05) is 49.5 Å². The van der Waals surface area contributed by atoms with E-state index in [9.17, 15) is 9.18 Å². The maximum absolute atomic E-state index is 13.1. The molecule has 0 saturated carbocycles. The summed E-state index contributed by atoms with van der Waals surface area (Å²) in [5.74, 6) is -0.291. The molecule has 2 aromatic carbocycles. The Kier molecular flexibility index (Phi) is 5.88. The van der Waals surface area contributed by atoms with E-state index in [0.29, 0.717) is 26.2 Å². The molecule has 6 heteroatoms. The van der Waals surface area contributed by atoms with Crippen LogP contribution < -0.4 is 10.2 Å². The highest BCUT2D eigenvalue weighted by Crippen LogP contribution is 2.23. The molecule has 0 aliphatic carbocycles. The van der Waals surface area contributed by atoms with E-state index >= 15 is 0 Å². The van der Waals surface area contributed by atoms with E-state index < -0.39 is 0 Å². The van der Waals surface area contributed by atoms with E-state index in [1.165, 1.54) is 30.7 Å². The lowest BCUT2D eigenvalue weighted by atomic mass is 10.1. The monoisotopic (exact) mass is 383 g/mol. The Hall–Kier alpha value is -2.44. The predicted molar refractivity (Wildman–Crippen MR) is 108 cm³/mol. The summed E-state index contributed by atoms with van der Waals surface area (Å²) in [5.41, 5.74) is 2.96. The van der Waals surface area contributed by atoms with E-state index in [2.05, 4.69) is 27.2 Å². The third kappa shape index (κ3) is 4.69. The molecular weight excluding hydrogens is 357 g/mol. The molecule has 2 heterocycles. The van der Waals surface area contributed by atoms with Crippen LogP contribution in [0, 0.1) is 5.82 Å². The van der Waals surface area contributed by atoms with Gasteiger partial charge < -0.3 is 15.0 Å². The second kappa shape index (κ2) is 8.71. The second-order valence-electron chi connectivity index (χ2n) is 7.44. The minimum absolute atomic E-state index is 0.0336. The van der Waals surface area contributed by atoms with Crippen molar-refractivity contribution in [3.05, 3.63) is 59.9 Å². The maximum Gasteiger partial charge on any atom is 0.238 e. The molecule has 5 nitrogen and oxygen atoms in total. The normalized spacial score (nSPS) is 20.3. The molecule has 1 unspecified atom stereocenters. The van der Waals surface area contributed by atoms with Crippen LogP contribution in [0.25, 0.3) is 0 Å². The number of hydrogen-bond acceptors (Lipinski definition) is 4. The number of halogens is 1. The first-order valence-electron chi connectivity index (χ1n) is 9.92. The van der Waals surface area contributed by atoms with Crippen LogP contribution in [0.15, 0.2) is 48.5 Å². The van der Waals surface area contributed by atoms with Crippen LogP contribution in [-0.2, 0) is 9.53 Å². The molecule has 1 amide bonds. The smallest absolute Gasteiger partial charge is 0.238 e. The van der Waals surface area contributed by atoms with Crippen molar-refractivity contribution in [3.63, 3.8) is 0 Å². The Bertz CT molecular complexity index is 788. The van der Waals surface area contributed by atoms with Gasteiger partial charge in [-0.05, 0) is 54.8 Å². The Labute approximate surface area is 165 Å². The largest absolute Gasteiger partial charge is 0.372 e. The number of amides is 1.